The Labute approximate surface area is 143 Å². The van der Waals surface area contributed by atoms with Gasteiger partial charge in [0.2, 0.25) is 0 Å². The Morgan fingerprint density at radius 1 is 1.38 bits per heavy atom. The molecule has 1 unspecified atom stereocenters. The number of amides is 1. The zero-order valence-electron chi connectivity index (χ0n) is 14.4. The summed E-state index contributed by atoms with van der Waals surface area (Å²) in [5, 5.41) is 11.8. The first kappa shape index (κ1) is 18.1. The molecule has 0 aromatic heterocycles. The van der Waals surface area contributed by atoms with Crippen LogP contribution in [0.2, 0.25) is 0 Å². The van der Waals surface area contributed by atoms with Gasteiger partial charge in [-0.2, -0.15) is 5.26 Å². The quantitative estimate of drug-likeness (QED) is 0.786. The molecule has 0 spiro atoms. The molecule has 24 heavy (non-hydrogen) atoms. The van der Waals surface area contributed by atoms with Crippen molar-refractivity contribution in [2.75, 3.05) is 39.9 Å². The summed E-state index contributed by atoms with van der Waals surface area (Å²) in [5.74, 6) is 1.16. The number of hydrogen-bond acceptors (Lipinski definition) is 5. The SMILES string of the molecule is COc1cc(C#N)ccc1OCC(=O)NCC(C)CN1CCCC1. The molecular formula is C18H25N3O3. The smallest absolute Gasteiger partial charge is 0.257 e. The summed E-state index contributed by atoms with van der Waals surface area (Å²) in [6.07, 6.45) is 2.55. The van der Waals surface area contributed by atoms with Crippen molar-refractivity contribution in [1.82, 2.24) is 10.2 Å². The standard InChI is InChI=1S/C18H25N3O3/c1-14(12-21-7-3-4-8-21)11-20-18(22)13-24-16-6-5-15(10-19)9-17(16)23-2/h5-6,9,14H,3-4,7-8,11-13H2,1-2H3,(H,20,22). The molecule has 6 heteroatoms. The van der Waals surface area contributed by atoms with E-state index in [4.69, 9.17) is 14.7 Å². The van der Waals surface area contributed by atoms with Crippen LogP contribution in [0.3, 0.4) is 0 Å². The third-order valence-electron chi connectivity index (χ3n) is 4.07. The third kappa shape index (κ3) is 5.43. The fourth-order valence-electron chi connectivity index (χ4n) is 2.81. The van der Waals surface area contributed by atoms with E-state index < -0.39 is 0 Å². The zero-order valence-corrected chi connectivity index (χ0v) is 14.4. The molecule has 1 aliphatic heterocycles. The maximum atomic E-state index is 11.9. The zero-order chi connectivity index (χ0) is 17.4. The van der Waals surface area contributed by atoms with E-state index in [-0.39, 0.29) is 12.5 Å². The number of nitrogens with zero attached hydrogens (tertiary/aromatic N) is 2. The molecule has 0 aliphatic carbocycles. The average Bonchev–Trinajstić information content (AvgIpc) is 3.10. The minimum Gasteiger partial charge on any atom is -0.493 e. The van der Waals surface area contributed by atoms with Gasteiger partial charge in [-0.1, -0.05) is 6.92 Å². The van der Waals surface area contributed by atoms with Gasteiger partial charge in [-0.25, -0.2) is 0 Å². The van der Waals surface area contributed by atoms with Crippen LogP contribution in [-0.4, -0.2) is 50.7 Å². The number of rotatable bonds is 8. The number of carbonyl (C=O) groups is 1. The van der Waals surface area contributed by atoms with Gasteiger partial charge in [-0.05, 0) is 44.0 Å². The molecule has 1 aromatic rings. The molecule has 1 fully saturated rings. The van der Waals surface area contributed by atoms with Gasteiger partial charge in [0.25, 0.3) is 5.91 Å². The van der Waals surface area contributed by atoms with Crippen molar-refractivity contribution in [3.05, 3.63) is 23.8 Å². The summed E-state index contributed by atoms with van der Waals surface area (Å²) in [4.78, 5) is 14.4. The first-order valence-corrected chi connectivity index (χ1v) is 8.32. The minimum absolute atomic E-state index is 0.0707. The normalized spacial score (nSPS) is 15.5. The molecule has 1 atom stereocenters. The summed E-state index contributed by atoms with van der Waals surface area (Å²) >= 11 is 0. The lowest BCUT2D eigenvalue weighted by Crippen LogP contribution is -2.36. The molecule has 1 aliphatic rings. The van der Waals surface area contributed by atoms with Gasteiger partial charge in [-0.15, -0.1) is 0 Å². The number of benzene rings is 1. The Kier molecular flexibility index (Phi) is 6.89. The van der Waals surface area contributed by atoms with Crippen molar-refractivity contribution < 1.29 is 14.3 Å². The number of nitriles is 1. The predicted octanol–water partition coefficient (Wildman–Crippen LogP) is 1.79. The largest absolute Gasteiger partial charge is 0.493 e. The molecule has 0 saturated carbocycles. The number of nitrogens with one attached hydrogen (secondary N) is 1. The van der Waals surface area contributed by atoms with Crippen LogP contribution in [0.1, 0.15) is 25.3 Å². The highest BCUT2D eigenvalue weighted by molar-refractivity contribution is 5.77. The predicted molar refractivity (Wildman–Crippen MR) is 91.1 cm³/mol. The number of carbonyl (C=O) groups excluding carboxylic acids is 1. The van der Waals surface area contributed by atoms with Crippen LogP contribution in [0.5, 0.6) is 11.5 Å². The first-order chi connectivity index (χ1) is 11.6. The summed E-state index contributed by atoms with van der Waals surface area (Å²) in [7, 11) is 1.50. The van der Waals surface area contributed by atoms with Crippen molar-refractivity contribution in [1.29, 1.82) is 5.26 Å². The Hall–Kier alpha value is -2.26. The second kappa shape index (κ2) is 9.14. The highest BCUT2D eigenvalue weighted by atomic mass is 16.5. The van der Waals surface area contributed by atoms with E-state index in [1.807, 2.05) is 6.07 Å². The third-order valence-corrected chi connectivity index (χ3v) is 4.07. The highest BCUT2D eigenvalue weighted by Crippen LogP contribution is 2.27. The van der Waals surface area contributed by atoms with Crippen LogP contribution in [0.4, 0.5) is 0 Å². The van der Waals surface area contributed by atoms with Crippen LogP contribution in [0.25, 0.3) is 0 Å². The van der Waals surface area contributed by atoms with E-state index in [0.29, 0.717) is 29.5 Å². The minimum atomic E-state index is -0.158. The molecule has 6 nitrogen and oxygen atoms in total. The molecule has 1 heterocycles. The molecule has 1 saturated heterocycles. The molecule has 2 rings (SSSR count). The molecule has 0 radical (unpaired) electrons. The molecule has 1 N–H and O–H groups in total. The van der Waals surface area contributed by atoms with Crippen LogP contribution in [0.15, 0.2) is 18.2 Å². The maximum absolute atomic E-state index is 11.9. The van der Waals surface area contributed by atoms with E-state index in [0.717, 1.165) is 6.54 Å². The number of hydrogen-bond donors (Lipinski definition) is 1. The van der Waals surface area contributed by atoms with E-state index >= 15 is 0 Å². The van der Waals surface area contributed by atoms with Gasteiger partial charge in [0, 0.05) is 19.2 Å². The van der Waals surface area contributed by atoms with Gasteiger partial charge in [-0.3, -0.25) is 4.79 Å². The van der Waals surface area contributed by atoms with Crippen molar-refractivity contribution in [2.24, 2.45) is 5.92 Å². The summed E-state index contributed by atoms with van der Waals surface area (Å²) in [6.45, 7) is 6.06. The van der Waals surface area contributed by atoms with Gasteiger partial charge in [0.15, 0.2) is 18.1 Å². The van der Waals surface area contributed by atoms with Gasteiger partial charge < -0.3 is 19.7 Å². The lowest BCUT2D eigenvalue weighted by atomic mass is 10.1. The van der Waals surface area contributed by atoms with Crippen molar-refractivity contribution in [3.63, 3.8) is 0 Å². The summed E-state index contributed by atoms with van der Waals surface area (Å²) in [5.41, 5.74) is 0.486. The van der Waals surface area contributed by atoms with E-state index in [1.165, 1.54) is 33.0 Å². The lowest BCUT2D eigenvalue weighted by molar-refractivity contribution is -0.123. The van der Waals surface area contributed by atoms with Crippen LogP contribution in [-0.2, 0) is 4.79 Å². The monoisotopic (exact) mass is 331 g/mol. The Balaban J connectivity index is 1.73. The van der Waals surface area contributed by atoms with Crippen LogP contribution >= 0.6 is 0 Å². The first-order valence-electron chi connectivity index (χ1n) is 8.32. The van der Waals surface area contributed by atoms with Crippen LogP contribution < -0.4 is 14.8 Å². The Bertz CT molecular complexity index is 592. The maximum Gasteiger partial charge on any atom is 0.257 e. The van der Waals surface area contributed by atoms with E-state index in [9.17, 15) is 4.79 Å². The van der Waals surface area contributed by atoms with Gasteiger partial charge in [0.05, 0.1) is 18.7 Å². The molecule has 0 bridgehead atoms. The molecular weight excluding hydrogens is 306 g/mol. The summed E-state index contributed by atoms with van der Waals surface area (Å²) in [6, 6.07) is 6.90. The highest BCUT2D eigenvalue weighted by Gasteiger charge is 2.15. The Morgan fingerprint density at radius 3 is 2.79 bits per heavy atom. The van der Waals surface area contributed by atoms with Gasteiger partial charge in [0.1, 0.15) is 0 Å². The Morgan fingerprint density at radius 2 is 2.12 bits per heavy atom. The average molecular weight is 331 g/mol. The second-order valence-corrected chi connectivity index (χ2v) is 6.18. The number of methoxy groups -OCH3 is 1. The van der Waals surface area contributed by atoms with Crippen molar-refractivity contribution in [3.8, 4) is 17.6 Å². The fourth-order valence-corrected chi connectivity index (χ4v) is 2.81. The molecule has 1 aromatic carbocycles. The molecule has 1 amide bonds. The van der Waals surface area contributed by atoms with E-state index in [1.54, 1.807) is 18.2 Å². The van der Waals surface area contributed by atoms with Crippen LogP contribution in [0, 0.1) is 17.2 Å². The van der Waals surface area contributed by atoms with Crippen molar-refractivity contribution in [2.45, 2.75) is 19.8 Å². The van der Waals surface area contributed by atoms with E-state index in [2.05, 4.69) is 17.1 Å². The number of likely N-dealkylation sites (tertiary alicyclic amines) is 1. The second-order valence-electron chi connectivity index (χ2n) is 6.18. The molecule has 130 valence electrons. The topological polar surface area (TPSA) is 74.6 Å². The number of ether oxygens (including phenoxy) is 2. The van der Waals surface area contributed by atoms with Gasteiger partial charge >= 0.3 is 0 Å². The lowest BCUT2D eigenvalue weighted by Gasteiger charge is -2.20. The van der Waals surface area contributed by atoms with Crippen molar-refractivity contribution >= 4 is 5.91 Å². The summed E-state index contributed by atoms with van der Waals surface area (Å²) < 4.78 is 10.7. The fraction of sp³-hybridized carbons (Fsp3) is 0.556.